The number of rotatable bonds is 4. The number of halogens is 2. The van der Waals surface area contributed by atoms with Gasteiger partial charge in [0.1, 0.15) is 11.4 Å². The van der Waals surface area contributed by atoms with Crippen LogP contribution in [-0.2, 0) is 16.1 Å². The summed E-state index contributed by atoms with van der Waals surface area (Å²) < 4.78 is 15.7. The molecule has 8 heteroatoms. The number of anilines is 1. The largest absolute Gasteiger partial charge is 0.342 e. The minimum absolute atomic E-state index is 0.0334. The summed E-state index contributed by atoms with van der Waals surface area (Å²) in [5.41, 5.74) is 2.38. The number of benzene rings is 3. The van der Waals surface area contributed by atoms with Gasteiger partial charge in [-0.3, -0.25) is 14.9 Å². The topological polar surface area (TPSA) is 71.4 Å². The molecule has 5 rings (SSSR count). The predicted octanol–water partition coefficient (Wildman–Crippen LogP) is 5.15. The lowest BCUT2D eigenvalue weighted by molar-refractivity contribution is -0.122. The molecule has 6 nitrogen and oxygen atoms in total. The Morgan fingerprint density at radius 2 is 1.71 bits per heavy atom. The van der Waals surface area contributed by atoms with Crippen LogP contribution in [0, 0.1) is 5.82 Å². The van der Waals surface area contributed by atoms with Crippen molar-refractivity contribution < 1.29 is 18.8 Å². The molecule has 1 aliphatic rings. The number of carbonyl (C=O) groups is 3. The van der Waals surface area contributed by atoms with E-state index in [-0.39, 0.29) is 11.3 Å². The molecule has 0 saturated carbocycles. The molecule has 0 aliphatic carbocycles. The average molecular weight is 474 g/mol. The summed E-state index contributed by atoms with van der Waals surface area (Å²) >= 11 is 5.99. The maximum absolute atomic E-state index is 13.7. The molecule has 0 radical (unpaired) electrons. The van der Waals surface area contributed by atoms with Crippen molar-refractivity contribution in [3.05, 3.63) is 107 Å². The van der Waals surface area contributed by atoms with E-state index in [1.54, 1.807) is 0 Å². The van der Waals surface area contributed by atoms with E-state index < -0.39 is 23.7 Å². The van der Waals surface area contributed by atoms with E-state index in [0.29, 0.717) is 17.1 Å². The fourth-order valence-corrected chi connectivity index (χ4v) is 4.10. The number of barbiturate groups is 1. The van der Waals surface area contributed by atoms with Gasteiger partial charge in [-0.05, 0) is 48.0 Å². The first-order valence-electron chi connectivity index (χ1n) is 10.4. The summed E-state index contributed by atoms with van der Waals surface area (Å²) in [5.74, 6) is -2.24. The van der Waals surface area contributed by atoms with Crippen LogP contribution in [0.15, 0.2) is 84.6 Å². The number of hydrogen-bond donors (Lipinski definition) is 1. The number of hydrogen-bond acceptors (Lipinski definition) is 3. The van der Waals surface area contributed by atoms with Gasteiger partial charge in [0.25, 0.3) is 11.8 Å². The normalized spacial score (nSPS) is 15.3. The Balaban J connectivity index is 1.56. The van der Waals surface area contributed by atoms with E-state index in [2.05, 4.69) is 5.32 Å². The lowest BCUT2D eigenvalue weighted by atomic mass is 10.1. The zero-order valence-electron chi connectivity index (χ0n) is 17.7. The van der Waals surface area contributed by atoms with Crippen molar-refractivity contribution in [3.63, 3.8) is 0 Å². The summed E-state index contributed by atoms with van der Waals surface area (Å²) in [6.45, 7) is 0.550. The smallest absolute Gasteiger partial charge is 0.335 e. The molecule has 1 fully saturated rings. The molecular weight excluding hydrogens is 457 g/mol. The van der Waals surface area contributed by atoms with Crippen LogP contribution >= 0.6 is 11.6 Å². The van der Waals surface area contributed by atoms with Gasteiger partial charge >= 0.3 is 6.03 Å². The summed E-state index contributed by atoms with van der Waals surface area (Å²) in [6, 6.07) is 19.2. The molecule has 4 amide bonds. The molecule has 2 heterocycles. The van der Waals surface area contributed by atoms with Crippen molar-refractivity contribution in [1.82, 2.24) is 9.88 Å². The van der Waals surface area contributed by atoms with Crippen LogP contribution in [0.1, 0.15) is 11.1 Å². The number of amides is 4. The highest BCUT2D eigenvalue weighted by molar-refractivity contribution is 6.39. The zero-order chi connectivity index (χ0) is 23.8. The van der Waals surface area contributed by atoms with E-state index >= 15 is 0 Å². The average Bonchev–Trinajstić information content (AvgIpc) is 3.15. The SMILES string of the molecule is O=C1NC(=O)N(c2cccc(F)c2)C(=O)/C1=C/c1cn(Cc2ccc(Cl)cc2)c2ccccc12. The van der Waals surface area contributed by atoms with Gasteiger partial charge in [0.2, 0.25) is 0 Å². The van der Waals surface area contributed by atoms with Gasteiger partial charge in [0.15, 0.2) is 0 Å². The second-order valence-electron chi connectivity index (χ2n) is 7.79. The lowest BCUT2D eigenvalue weighted by Crippen LogP contribution is -2.54. The van der Waals surface area contributed by atoms with Crippen LogP contribution in [0.5, 0.6) is 0 Å². The third-order valence-corrected chi connectivity index (χ3v) is 5.81. The molecule has 4 aromatic rings. The lowest BCUT2D eigenvalue weighted by Gasteiger charge is -2.26. The first-order valence-corrected chi connectivity index (χ1v) is 10.8. The van der Waals surface area contributed by atoms with Gasteiger partial charge < -0.3 is 4.57 Å². The minimum atomic E-state index is -0.928. The van der Waals surface area contributed by atoms with Crippen molar-refractivity contribution in [3.8, 4) is 0 Å². The Morgan fingerprint density at radius 1 is 0.941 bits per heavy atom. The number of aromatic nitrogens is 1. The van der Waals surface area contributed by atoms with E-state index in [9.17, 15) is 18.8 Å². The molecule has 168 valence electrons. The maximum atomic E-state index is 13.7. The maximum Gasteiger partial charge on any atom is 0.335 e. The highest BCUT2D eigenvalue weighted by Gasteiger charge is 2.37. The van der Waals surface area contributed by atoms with E-state index in [4.69, 9.17) is 11.6 Å². The summed E-state index contributed by atoms with van der Waals surface area (Å²) in [6.07, 6.45) is 3.30. The van der Waals surface area contributed by atoms with Crippen molar-refractivity contribution in [2.75, 3.05) is 4.90 Å². The number of fused-ring (bicyclic) bond motifs is 1. The molecule has 3 aromatic carbocycles. The van der Waals surface area contributed by atoms with Crippen LogP contribution in [0.25, 0.3) is 17.0 Å². The molecule has 1 aromatic heterocycles. The highest BCUT2D eigenvalue weighted by atomic mass is 35.5. The number of nitrogens with one attached hydrogen (secondary N) is 1. The van der Waals surface area contributed by atoms with Crippen molar-refractivity contribution >= 4 is 52.1 Å². The van der Waals surface area contributed by atoms with Crippen molar-refractivity contribution in [1.29, 1.82) is 0 Å². The van der Waals surface area contributed by atoms with Gasteiger partial charge in [-0.1, -0.05) is 48.0 Å². The predicted molar refractivity (Wildman–Crippen MR) is 128 cm³/mol. The fraction of sp³-hybridized carbons (Fsp3) is 0.0385. The van der Waals surface area contributed by atoms with Crippen molar-refractivity contribution in [2.45, 2.75) is 6.54 Å². The molecule has 1 saturated heterocycles. The summed E-state index contributed by atoms with van der Waals surface area (Å²) in [7, 11) is 0. The third-order valence-electron chi connectivity index (χ3n) is 5.55. The number of para-hydroxylation sites is 1. The first-order chi connectivity index (χ1) is 16.4. The molecule has 0 unspecified atom stereocenters. The fourth-order valence-electron chi connectivity index (χ4n) is 3.97. The van der Waals surface area contributed by atoms with E-state index in [1.807, 2.05) is 59.3 Å². The van der Waals surface area contributed by atoms with Gasteiger partial charge in [0.05, 0.1) is 5.69 Å². The highest BCUT2D eigenvalue weighted by Crippen LogP contribution is 2.27. The number of carbonyl (C=O) groups excluding carboxylic acids is 3. The second-order valence-corrected chi connectivity index (χ2v) is 8.23. The Bertz CT molecular complexity index is 1490. The molecular formula is C26H17ClFN3O3. The van der Waals surface area contributed by atoms with E-state index in [1.165, 1.54) is 24.3 Å². The number of imide groups is 2. The second kappa shape index (κ2) is 8.61. The molecule has 34 heavy (non-hydrogen) atoms. The first kappa shape index (κ1) is 21.6. The van der Waals surface area contributed by atoms with Crippen LogP contribution < -0.4 is 10.2 Å². The molecule has 0 spiro atoms. The van der Waals surface area contributed by atoms with Gasteiger partial charge in [0, 0.05) is 34.2 Å². The van der Waals surface area contributed by atoms with Gasteiger partial charge in [-0.2, -0.15) is 0 Å². The third kappa shape index (κ3) is 3.97. The van der Waals surface area contributed by atoms with Gasteiger partial charge in [-0.25, -0.2) is 14.1 Å². The number of urea groups is 1. The van der Waals surface area contributed by atoms with Crippen LogP contribution in [0.2, 0.25) is 5.02 Å². The monoisotopic (exact) mass is 473 g/mol. The quantitative estimate of drug-likeness (QED) is 0.329. The van der Waals surface area contributed by atoms with Crippen LogP contribution in [-0.4, -0.2) is 22.4 Å². The summed E-state index contributed by atoms with van der Waals surface area (Å²) in [5, 5.41) is 3.64. The van der Waals surface area contributed by atoms with Crippen molar-refractivity contribution in [2.24, 2.45) is 0 Å². The Labute approximate surface area is 198 Å². The zero-order valence-corrected chi connectivity index (χ0v) is 18.4. The van der Waals surface area contributed by atoms with Crippen LogP contribution in [0.4, 0.5) is 14.9 Å². The summed E-state index contributed by atoms with van der Waals surface area (Å²) in [4.78, 5) is 38.9. The molecule has 0 atom stereocenters. The van der Waals surface area contributed by atoms with E-state index in [0.717, 1.165) is 27.4 Å². The van der Waals surface area contributed by atoms with Crippen LogP contribution in [0.3, 0.4) is 0 Å². The van der Waals surface area contributed by atoms with Gasteiger partial charge in [-0.15, -0.1) is 0 Å². The molecule has 1 aliphatic heterocycles. The molecule has 0 bridgehead atoms. The minimum Gasteiger partial charge on any atom is -0.342 e. The Morgan fingerprint density at radius 3 is 2.47 bits per heavy atom. The Hall–Kier alpha value is -4.23. The number of nitrogens with zero attached hydrogens (tertiary/aromatic N) is 2. The standard InChI is InChI=1S/C26H17ClFN3O3/c27-18-10-8-16(9-11-18)14-30-15-17(21-6-1-2-7-23(21)30)12-22-24(32)29-26(34)31(25(22)33)20-5-3-4-19(28)13-20/h1-13,15H,14H2,(H,29,32,34)/b22-12+. The molecule has 1 N–H and O–H groups in total. The Kier molecular flexibility index (Phi) is 5.47.